The molecule has 0 spiro atoms. The van der Waals surface area contributed by atoms with E-state index in [1.54, 1.807) is 18.2 Å². The van der Waals surface area contributed by atoms with Crippen LogP contribution in [0.5, 0.6) is 5.75 Å². The number of hydrogen-bond donors (Lipinski definition) is 1. The number of hydrogen-bond acceptors (Lipinski definition) is 5. The van der Waals surface area contributed by atoms with Gasteiger partial charge in [0, 0.05) is 0 Å². The quantitative estimate of drug-likeness (QED) is 0.863. The molecule has 0 fully saturated rings. The van der Waals surface area contributed by atoms with E-state index in [1.165, 1.54) is 10.6 Å². The molecule has 0 aliphatic carbocycles. The molecule has 0 radical (unpaired) electrons. The largest absolute Gasteiger partial charge is 0.476 e. The van der Waals surface area contributed by atoms with Crippen LogP contribution in [0, 0.1) is 0 Å². The number of anilines is 1. The third-order valence-electron chi connectivity index (χ3n) is 4.40. The van der Waals surface area contributed by atoms with Gasteiger partial charge in [-0.1, -0.05) is 26.8 Å². The zero-order valence-electron chi connectivity index (χ0n) is 15.9. The predicted octanol–water partition coefficient (Wildman–Crippen LogP) is 2.42. The fourth-order valence-corrected chi connectivity index (χ4v) is 3.78. The molecule has 0 saturated heterocycles. The maximum Gasteiger partial charge on any atom is 0.263 e. The predicted molar refractivity (Wildman–Crippen MR) is 102 cm³/mol. The minimum absolute atomic E-state index is 0.0799. The SMILES string of the molecule is CC(C)(C)c1ccc2c(c1)N(S(C)(=O)=O)CC(C(=O)NCc1ccco1)O2. The highest BCUT2D eigenvalue weighted by molar-refractivity contribution is 7.92. The second kappa shape index (κ2) is 6.92. The van der Waals surface area contributed by atoms with Crippen molar-refractivity contribution in [1.82, 2.24) is 5.32 Å². The lowest BCUT2D eigenvalue weighted by molar-refractivity contribution is -0.128. The summed E-state index contributed by atoms with van der Waals surface area (Å²) in [4.78, 5) is 12.5. The first-order valence-corrected chi connectivity index (χ1v) is 10.5. The third kappa shape index (κ3) is 4.27. The molecular weight excluding hydrogens is 368 g/mol. The molecule has 3 rings (SSSR count). The molecule has 1 atom stereocenters. The van der Waals surface area contributed by atoms with Crippen LogP contribution in [-0.4, -0.2) is 33.2 Å². The average molecular weight is 392 g/mol. The van der Waals surface area contributed by atoms with Crippen LogP contribution in [0.2, 0.25) is 0 Å². The number of carbonyl (C=O) groups excluding carboxylic acids is 1. The number of furan rings is 1. The van der Waals surface area contributed by atoms with Gasteiger partial charge in [0.25, 0.3) is 5.91 Å². The van der Waals surface area contributed by atoms with Crippen LogP contribution in [0.25, 0.3) is 0 Å². The van der Waals surface area contributed by atoms with Gasteiger partial charge >= 0.3 is 0 Å². The average Bonchev–Trinajstić information content (AvgIpc) is 3.10. The van der Waals surface area contributed by atoms with Gasteiger partial charge < -0.3 is 14.5 Å². The number of sulfonamides is 1. The summed E-state index contributed by atoms with van der Waals surface area (Å²) in [6, 6.07) is 8.90. The summed E-state index contributed by atoms with van der Waals surface area (Å²) in [5.74, 6) is 0.581. The molecule has 27 heavy (non-hydrogen) atoms. The Bertz CT molecular complexity index is 930. The van der Waals surface area contributed by atoms with Gasteiger partial charge in [-0.3, -0.25) is 9.10 Å². The first kappa shape index (κ1) is 19.3. The molecule has 2 heterocycles. The molecule has 8 heteroatoms. The number of benzene rings is 1. The highest BCUT2D eigenvalue weighted by atomic mass is 32.2. The molecule has 0 bridgehead atoms. The summed E-state index contributed by atoms with van der Waals surface area (Å²) in [7, 11) is -3.57. The Balaban J connectivity index is 1.87. The van der Waals surface area contributed by atoms with Crippen molar-refractivity contribution >= 4 is 21.6 Å². The van der Waals surface area contributed by atoms with E-state index >= 15 is 0 Å². The molecule has 1 aliphatic rings. The first-order valence-electron chi connectivity index (χ1n) is 8.65. The van der Waals surface area contributed by atoms with Crippen LogP contribution in [0.3, 0.4) is 0 Å². The summed E-state index contributed by atoms with van der Waals surface area (Å²) in [5.41, 5.74) is 1.30. The maximum atomic E-state index is 12.5. The molecule has 7 nitrogen and oxygen atoms in total. The van der Waals surface area contributed by atoms with Crippen LogP contribution >= 0.6 is 0 Å². The fourth-order valence-electron chi connectivity index (χ4n) is 2.87. The van der Waals surface area contributed by atoms with E-state index in [0.29, 0.717) is 17.2 Å². The van der Waals surface area contributed by atoms with E-state index in [9.17, 15) is 13.2 Å². The number of nitrogens with zero attached hydrogens (tertiary/aromatic N) is 1. The van der Waals surface area contributed by atoms with Gasteiger partial charge in [0.05, 0.1) is 31.3 Å². The monoisotopic (exact) mass is 392 g/mol. The van der Waals surface area contributed by atoms with Crippen molar-refractivity contribution in [3.05, 3.63) is 47.9 Å². The zero-order chi connectivity index (χ0) is 19.8. The second-order valence-electron chi connectivity index (χ2n) is 7.63. The van der Waals surface area contributed by atoms with Crippen molar-refractivity contribution < 1.29 is 22.4 Å². The van der Waals surface area contributed by atoms with E-state index in [2.05, 4.69) is 5.32 Å². The molecule has 146 valence electrons. The number of amides is 1. The Morgan fingerprint density at radius 1 is 1.30 bits per heavy atom. The van der Waals surface area contributed by atoms with Crippen LogP contribution in [0.15, 0.2) is 41.0 Å². The van der Waals surface area contributed by atoms with Crippen molar-refractivity contribution in [1.29, 1.82) is 0 Å². The number of carbonyl (C=O) groups is 1. The van der Waals surface area contributed by atoms with Crippen molar-refractivity contribution in [2.24, 2.45) is 0 Å². The summed E-state index contributed by atoms with van der Waals surface area (Å²) < 4.78 is 36.9. The van der Waals surface area contributed by atoms with Crippen LogP contribution < -0.4 is 14.4 Å². The second-order valence-corrected chi connectivity index (χ2v) is 9.54. The van der Waals surface area contributed by atoms with Gasteiger partial charge in [0.1, 0.15) is 11.5 Å². The van der Waals surface area contributed by atoms with Crippen molar-refractivity contribution in [2.75, 3.05) is 17.1 Å². The molecule has 1 aromatic heterocycles. The Kier molecular flexibility index (Phi) is 4.94. The minimum Gasteiger partial charge on any atom is -0.476 e. The molecule has 1 amide bonds. The van der Waals surface area contributed by atoms with Crippen LogP contribution in [0.4, 0.5) is 5.69 Å². The third-order valence-corrected chi connectivity index (χ3v) is 5.55. The van der Waals surface area contributed by atoms with Crippen molar-refractivity contribution in [2.45, 2.75) is 38.8 Å². The normalized spacial score (nSPS) is 17.2. The molecule has 1 unspecified atom stereocenters. The Hall–Kier alpha value is -2.48. The molecular formula is C19H24N2O5S. The summed E-state index contributed by atoms with van der Waals surface area (Å²) in [6.07, 6.45) is 1.71. The topological polar surface area (TPSA) is 88.9 Å². The number of ether oxygens (including phenoxy) is 1. The zero-order valence-corrected chi connectivity index (χ0v) is 16.7. The van der Waals surface area contributed by atoms with Gasteiger partial charge in [0.2, 0.25) is 10.0 Å². The Morgan fingerprint density at radius 2 is 2.04 bits per heavy atom. The van der Waals surface area contributed by atoms with E-state index in [-0.39, 0.29) is 18.5 Å². The van der Waals surface area contributed by atoms with Gasteiger partial charge in [-0.15, -0.1) is 0 Å². The van der Waals surface area contributed by atoms with Crippen LogP contribution in [0.1, 0.15) is 32.1 Å². The lowest BCUT2D eigenvalue weighted by Crippen LogP contribution is -2.50. The van der Waals surface area contributed by atoms with Crippen molar-refractivity contribution in [3.8, 4) is 5.75 Å². The van der Waals surface area contributed by atoms with E-state index < -0.39 is 22.0 Å². The molecule has 1 aliphatic heterocycles. The first-order chi connectivity index (χ1) is 12.6. The van der Waals surface area contributed by atoms with E-state index in [4.69, 9.17) is 9.15 Å². The lowest BCUT2D eigenvalue weighted by Gasteiger charge is -2.35. The number of rotatable bonds is 4. The smallest absolute Gasteiger partial charge is 0.263 e. The van der Waals surface area contributed by atoms with Crippen molar-refractivity contribution in [3.63, 3.8) is 0 Å². The molecule has 1 aromatic carbocycles. The highest BCUT2D eigenvalue weighted by Crippen LogP contribution is 2.38. The number of nitrogens with one attached hydrogen (secondary N) is 1. The van der Waals surface area contributed by atoms with Gasteiger partial charge in [-0.2, -0.15) is 0 Å². The number of fused-ring (bicyclic) bond motifs is 1. The molecule has 1 N–H and O–H groups in total. The standard InChI is InChI=1S/C19H24N2O5S/c1-19(2,3)13-7-8-16-15(10-13)21(27(4,23)24)12-17(26-16)18(22)20-11-14-6-5-9-25-14/h5-10,17H,11-12H2,1-4H3,(H,20,22). The van der Waals surface area contributed by atoms with E-state index in [1.807, 2.05) is 32.9 Å². The van der Waals surface area contributed by atoms with Gasteiger partial charge in [-0.25, -0.2) is 8.42 Å². The summed E-state index contributed by atoms with van der Waals surface area (Å²) in [6.45, 7) is 6.28. The summed E-state index contributed by atoms with van der Waals surface area (Å²) >= 11 is 0. The van der Waals surface area contributed by atoms with E-state index in [0.717, 1.165) is 11.8 Å². The maximum absolute atomic E-state index is 12.5. The fraction of sp³-hybridized carbons (Fsp3) is 0.421. The van der Waals surface area contributed by atoms with Gasteiger partial charge in [-0.05, 0) is 35.2 Å². The minimum atomic E-state index is -3.57. The van der Waals surface area contributed by atoms with Gasteiger partial charge in [0.15, 0.2) is 6.10 Å². The van der Waals surface area contributed by atoms with Crippen LogP contribution in [-0.2, 0) is 26.8 Å². The molecule has 2 aromatic rings. The molecule has 0 saturated carbocycles. The Labute approximate surface area is 159 Å². The lowest BCUT2D eigenvalue weighted by atomic mass is 9.86. The summed E-state index contributed by atoms with van der Waals surface area (Å²) in [5, 5.41) is 2.71. The highest BCUT2D eigenvalue weighted by Gasteiger charge is 2.35. The Morgan fingerprint density at radius 3 is 2.63 bits per heavy atom.